The van der Waals surface area contributed by atoms with E-state index < -0.39 is 0 Å². The van der Waals surface area contributed by atoms with Crippen LogP contribution in [0, 0.1) is 5.82 Å². The molecule has 1 aliphatic heterocycles. The second kappa shape index (κ2) is 8.40. The number of benzene rings is 1. The second-order valence-corrected chi connectivity index (χ2v) is 7.16. The van der Waals surface area contributed by atoms with Crippen molar-refractivity contribution in [2.24, 2.45) is 5.10 Å². The second-order valence-electron chi connectivity index (χ2n) is 5.80. The van der Waals surface area contributed by atoms with Crippen molar-refractivity contribution in [2.75, 3.05) is 18.0 Å². The Kier molecular flexibility index (Phi) is 5.99. The number of anilines is 1. The zero-order chi connectivity index (χ0) is 17.6. The maximum Gasteiger partial charge on any atom is 0.244 e. The number of amides is 1. The molecule has 8 heteroatoms. The minimum Gasteiger partial charge on any atom is -0.348 e. The van der Waals surface area contributed by atoms with E-state index in [0.29, 0.717) is 10.0 Å². The van der Waals surface area contributed by atoms with Crippen LogP contribution in [-0.4, -0.2) is 30.2 Å². The number of nitrogens with one attached hydrogen (secondary N) is 1. The molecule has 0 atom stereocenters. The van der Waals surface area contributed by atoms with Crippen LogP contribution in [0.1, 0.15) is 29.7 Å². The fourth-order valence-electron chi connectivity index (χ4n) is 2.59. The van der Waals surface area contributed by atoms with E-state index in [-0.39, 0.29) is 18.1 Å². The summed E-state index contributed by atoms with van der Waals surface area (Å²) in [7, 11) is 0. The van der Waals surface area contributed by atoms with Crippen molar-refractivity contribution in [3.63, 3.8) is 0 Å². The number of nitrogens with zero attached hydrogens (tertiary/aromatic N) is 3. The summed E-state index contributed by atoms with van der Waals surface area (Å²) in [6.45, 7) is 1.99. The van der Waals surface area contributed by atoms with E-state index in [9.17, 15) is 9.18 Å². The molecule has 0 radical (unpaired) electrons. The first-order valence-electron chi connectivity index (χ1n) is 8.09. The molecule has 1 aromatic carbocycles. The summed E-state index contributed by atoms with van der Waals surface area (Å²) in [6, 6.07) is 5.79. The van der Waals surface area contributed by atoms with Gasteiger partial charge in [0.1, 0.15) is 5.82 Å². The number of carbonyl (C=O) groups excluding carboxylic acids is 1. The fourth-order valence-corrected chi connectivity index (χ4v) is 3.77. The van der Waals surface area contributed by atoms with E-state index in [4.69, 9.17) is 11.6 Å². The number of hydrogen-bond acceptors (Lipinski definition) is 5. The first-order valence-corrected chi connectivity index (χ1v) is 9.29. The number of thiazole rings is 1. The van der Waals surface area contributed by atoms with Gasteiger partial charge < -0.3 is 4.90 Å². The summed E-state index contributed by atoms with van der Waals surface area (Å²) in [6.07, 6.45) is 5.23. The summed E-state index contributed by atoms with van der Waals surface area (Å²) < 4.78 is 12.8. The van der Waals surface area contributed by atoms with Crippen molar-refractivity contribution in [3.8, 4) is 0 Å². The molecule has 25 heavy (non-hydrogen) atoms. The van der Waals surface area contributed by atoms with Gasteiger partial charge in [-0.15, -0.1) is 0 Å². The Balaban J connectivity index is 1.55. The molecule has 1 N–H and O–H groups in total. The van der Waals surface area contributed by atoms with Gasteiger partial charge in [-0.25, -0.2) is 14.8 Å². The van der Waals surface area contributed by atoms with Gasteiger partial charge in [0.25, 0.3) is 0 Å². The van der Waals surface area contributed by atoms with Crippen LogP contribution < -0.4 is 10.3 Å². The Morgan fingerprint density at radius 2 is 2.04 bits per heavy atom. The van der Waals surface area contributed by atoms with Crippen molar-refractivity contribution < 1.29 is 9.18 Å². The smallest absolute Gasteiger partial charge is 0.244 e. The van der Waals surface area contributed by atoms with Crippen molar-refractivity contribution in [1.82, 2.24) is 10.4 Å². The highest BCUT2D eigenvalue weighted by Crippen LogP contribution is 2.30. The van der Waals surface area contributed by atoms with E-state index in [1.54, 1.807) is 12.1 Å². The van der Waals surface area contributed by atoms with Crippen LogP contribution in [0.25, 0.3) is 0 Å². The van der Waals surface area contributed by atoms with Crippen molar-refractivity contribution in [1.29, 1.82) is 0 Å². The van der Waals surface area contributed by atoms with Crippen molar-refractivity contribution >= 4 is 40.2 Å². The third-order valence-corrected chi connectivity index (χ3v) is 5.32. The predicted octanol–water partition coefficient (Wildman–Crippen LogP) is 3.62. The number of rotatable bonds is 5. The molecule has 5 nitrogen and oxygen atoms in total. The summed E-state index contributed by atoms with van der Waals surface area (Å²) in [4.78, 5) is 19.2. The zero-order valence-corrected chi connectivity index (χ0v) is 15.1. The quantitative estimate of drug-likeness (QED) is 0.636. The molecule has 2 heterocycles. The molecular weight excluding hydrogens is 363 g/mol. The summed E-state index contributed by atoms with van der Waals surface area (Å²) in [5, 5.41) is 5.23. The lowest BCUT2D eigenvalue weighted by Gasteiger charge is -2.25. The molecular formula is C17H18ClFN4OS. The topological polar surface area (TPSA) is 57.6 Å². The van der Waals surface area contributed by atoms with Gasteiger partial charge in [0, 0.05) is 13.1 Å². The number of aromatic nitrogens is 1. The van der Waals surface area contributed by atoms with Gasteiger partial charge in [0.2, 0.25) is 5.91 Å². The molecule has 3 rings (SSSR count). The predicted molar refractivity (Wildman–Crippen MR) is 99.0 cm³/mol. The Bertz CT molecular complexity index is 757. The molecule has 1 aromatic heterocycles. The van der Waals surface area contributed by atoms with E-state index in [1.165, 1.54) is 48.9 Å². The summed E-state index contributed by atoms with van der Waals surface area (Å²) in [5.74, 6) is -0.605. The van der Waals surface area contributed by atoms with Crippen LogP contribution in [0.15, 0.2) is 29.4 Å². The van der Waals surface area contributed by atoms with Crippen LogP contribution in [0.3, 0.4) is 0 Å². The number of piperidine rings is 1. The fraction of sp³-hybridized carbons (Fsp3) is 0.353. The van der Waals surface area contributed by atoms with E-state index in [1.807, 2.05) is 0 Å². The van der Waals surface area contributed by atoms with E-state index in [0.717, 1.165) is 23.8 Å². The molecule has 0 unspecified atom stereocenters. The normalized spacial score (nSPS) is 14.9. The van der Waals surface area contributed by atoms with Gasteiger partial charge in [-0.3, -0.25) is 4.79 Å². The minimum absolute atomic E-state index is 0.132. The van der Waals surface area contributed by atoms with Gasteiger partial charge >= 0.3 is 0 Å². The molecule has 0 spiro atoms. The van der Waals surface area contributed by atoms with Gasteiger partial charge in [0.15, 0.2) is 10.3 Å². The van der Waals surface area contributed by atoms with Crippen LogP contribution in [0.5, 0.6) is 0 Å². The van der Waals surface area contributed by atoms with Gasteiger partial charge in [-0.1, -0.05) is 35.1 Å². The summed E-state index contributed by atoms with van der Waals surface area (Å²) >= 11 is 7.62. The molecule has 1 saturated heterocycles. The highest BCUT2D eigenvalue weighted by atomic mass is 35.5. The summed E-state index contributed by atoms with van der Waals surface area (Å²) in [5.41, 5.74) is 3.17. The standard InChI is InChI=1S/C17H18ClFN4OS/c18-16-14(25-17(21-16)23-8-2-1-3-9-23)11-20-22-15(24)10-12-4-6-13(19)7-5-12/h4-7,11H,1-3,8-10H2,(H,22,24)/b20-11-. The third-order valence-electron chi connectivity index (χ3n) is 3.87. The third kappa shape index (κ3) is 4.99. The van der Waals surface area contributed by atoms with Crippen LogP contribution in [-0.2, 0) is 11.2 Å². The lowest BCUT2D eigenvalue weighted by molar-refractivity contribution is -0.120. The van der Waals surface area contributed by atoms with Gasteiger partial charge in [-0.2, -0.15) is 5.10 Å². The highest BCUT2D eigenvalue weighted by Gasteiger charge is 2.16. The first-order chi connectivity index (χ1) is 12.1. The van der Waals surface area contributed by atoms with Crippen LogP contribution >= 0.6 is 22.9 Å². The molecule has 0 bridgehead atoms. The number of carbonyl (C=O) groups is 1. The minimum atomic E-state index is -0.327. The largest absolute Gasteiger partial charge is 0.348 e. The maximum atomic E-state index is 12.8. The Labute approximate surface area is 154 Å². The molecule has 0 aliphatic carbocycles. The lowest BCUT2D eigenvalue weighted by Crippen LogP contribution is -2.29. The average molecular weight is 381 g/mol. The molecule has 1 aliphatic rings. The van der Waals surface area contributed by atoms with Crippen LogP contribution in [0.2, 0.25) is 5.15 Å². The number of hydrazone groups is 1. The Hall–Kier alpha value is -1.99. The Morgan fingerprint density at radius 3 is 2.76 bits per heavy atom. The zero-order valence-electron chi connectivity index (χ0n) is 13.5. The van der Waals surface area contributed by atoms with Crippen molar-refractivity contribution in [3.05, 3.63) is 45.7 Å². The molecule has 0 saturated carbocycles. The van der Waals surface area contributed by atoms with Gasteiger partial charge in [-0.05, 0) is 37.0 Å². The lowest BCUT2D eigenvalue weighted by atomic mass is 10.1. The molecule has 132 valence electrons. The van der Waals surface area contributed by atoms with Crippen molar-refractivity contribution in [2.45, 2.75) is 25.7 Å². The molecule has 1 fully saturated rings. The van der Waals surface area contributed by atoms with Crippen LogP contribution in [0.4, 0.5) is 9.52 Å². The maximum absolute atomic E-state index is 12.8. The molecule has 1 amide bonds. The average Bonchev–Trinajstić information content (AvgIpc) is 2.99. The number of halogens is 2. The SMILES string of the molecule is O=C(Cc1ccc(F)cc1)N/N=C\c1sc(N2CCCCC2)nc1Cl. The Morgan fingerprint density at radius 1 is 1.32 bits per heavy atom. The first kappa shape index (κ1) is 17.8. The van der Waals surface area contributed by atoms with E-state index in [2.05, 4.69) is 20.4 Å². The highest BCUT2D eigenvalue weighted by molar-refractivity contribution is 7.17. The monoisotopic (exact) mass is 380 g/mol. The van der Waals surface area contributed by atoms with Gasteiger partial charge in [0.05, 0.1) is 17.5 Å². The van der Waals surface area contributed by atoms with E-state index >= 15 is 0 Å². The number of hydrogen-bond donors (Lipinski definition) is 1. The molecule has 2 aromatic rings.